The zero-order valence-electron chi connectivity index (χ0n) is 23.6. The van der Waals surface area contributed by atoms with Gasteiger partial charge in [-0.1, -0.05) is 180 Å². The first-order valence-corrected chi connectivity index (χ1v) is 15.4. The van der Waals surface area contributed by atoms with E-state index in [4.69, 9.17) is 0 Å². The van der Waals surface area contributed by atoms with Crippen LogP contribution in [0.15, 0.2) is 180 Å². The molecule has 0 aliphatic heterocycles. The molecule has 0 saturated heterocycles. The zero-order chi connectivity index (χ0) is 29.0. The Kier molecular flexibility index (Phi) is 7.56. The first kappa shape index (κ1) is 26.9. The standard InChI is InChI=1S/C42H29Br/c43-36-28-26-35(27-29-36)42-40(33-22-12-4-13-23-33)38(31-18-8-2-9-19-31)37(30-16-6-1-7-17-30)39(32-20-10-3-11-21-32)41(42)34-24-14-5-15-25-34/h1-29H. The summed E-state index contributed by atoms with van der Waals surface area (Å²) in [5.74, 6) is 0. The minimum absolute atomic E-state index is 1.06. The maximum atomic E-state index is 3.69. The van der Waals surface area contributed by atoms with Crippen LogP contribution < -0.4 is 0 Å². The summed E-state index contributed by atoms with van der Waals surface area (Å²) in [7, 11) is 0. The molecule has 0 atom stereocenters. The molecule has 0 amide bonds. The molecule has 0 radical (unpaired) electrons. The molecule has 0 bridgehead atoms. The summed E-state index contributed by atoms with van der Waals surface area (Å²) >= 11 is 3.69. The Labute approximate surface area is 262 Å². The topological polar surface area (TPSA) is 0 Å². The van der Waals surface area contributed by atoms with Crippen molar-refractivity contribution in [3.63, 3.8) is 0 Å². The third-order valence-electron chi connectivity index (χ3n) is 7.95. The van der Waals surface area contributed by atoms with Crippen molar-refractivity contribution in [1.29, 1.82) is 0 Å². The van der Waals surface area contributed by atoms with E-state index in [1.54, 1.807) is 0 Å². The van der Waals surface area contributed by atoms with E-state index in [1.165, 1.54) is 66.8 Å². The van der Waals surface area contributed by atoms with Crippen molar-refractivity contribution in [2.45, 2.75) is 0 Å². The lowest BCUT2D eigenvalue weighted by Gasteiger charge is -2.28. The summed E-state index contributed by atoms with van der Waals surface area (Å²) in [5.41, 5.74) is 14.5. The van der Waals surface area contributed by atoms with E-state index in [2.05, 4.69) is 192 Å². The molecule has 7 aromatic carbocycles. The molecule has 7 aromatic rings. The second-order valence-corrected chi connectivity index (χ2v) is 11.5. The minimum atomic E-state index is 1.06. The van der Waals surface area contributed by atoms with Crippen molar-refractivity contribution in [3.05, 3.63) is 180 Å². The molecule has 204 valence electrons. The third kappa shape index (κ3) is 5.25. The highest BCUT2D eigenvalue weighted by molar-refractivity contribution is 9.10. The van der Waals surface area contributed by atoms with E-state index in [0.29, 0.717) is 0 Å². The summed E-state index contributed by atoms with van der Waals surface area (Å²) in [5, 5.41) is 0. The first-order valence-electron chi connectivity index (χ1n) is 14.6. The van der Waals surface area contributed by atoms with Gasteiger partial charge in [0.15, 0.2) is 0 Å². The Bertz CT molecular complexity index is 1860. The van der Waals surface area contributed by atoms with Crippen LogP contribution in [0.3, 0.4) is 0 Å². The Morgan fingerprint density at radius 3 is 0.605 bits per heavy atom. The number of halogens is 1. The van der Waals surface area contributed by atoms with Crippen LogP contribution in [0.5, 0.6) is 0 Å². The Balaban J connectivity index is 1.81. The lowest BCUT2D eigenvalue weighted by Crippen LogP contribution is -2.02. The van der Waals surface area contributed by atoms with Gasteiger partial charge in [-0.25, -0.2) is 0 Å². The molecule has 0 unspecified atom stereocenters. The summed E-state index contributed by atoms with van der Waals surface area (Å²) in [6, 6.07) is 63.2. The highest BCUT2D eigenvalue weighted by Gasteiger charge is 2.28. The Morgan fingerprint density at radius 2 is 0.395 bits per heavy atom. The van der Waals surface area contributed by atoms with Crippen LogP contribution in [0.4, 0.5) is 0 Å². The fraction of sp³-hybridized carbons (Fsp3) is 0. The van der Waals surface area contributed by atoms with Gasteiger partial charge >= 0.3 is 0 Å². The summed E-state index contributed by atoms with van der Waals surface area (Å²) in [6.45, 7) is 0. The molecule has 0 fully saturated rings. The number of hydrogen-bond donors (Lipinski definition) is 0. The van der Waals surface area contributed by atoms with Crippen molar-refractivity contribution < 1.29 is 0 Å². The van der Waals surface area contributed by atoms with E-state index in [-0.39, 0.29) is 0 Å². The largest absolute Gasteiger partial charge is 0.0622 e. The molecule has 0 saturated carbocycles. The van der Waals surface area contributed by atoms with Crippen molar-refractivity contribution >= 4 is 15.9 Å². The maximum Gasteiger partial charge on any atom is 0.0175 e. The monoisotopic (exact) mass is 612 g/mol. The second-order valence-electron chi connectivity index (χ2n) is 10.6. The smallest absolute Gasteiger partial charge is 0.0175 e. The number of benzene rings is 7. The van der Waals surface area contributed by atoms with Gasteiger partial charge in [-0.05, 0) is 78.9 Å². The van der Waals surface area contributed by atoms with Crippen LogP contribution in [0.25, 0.3) is 66.8 Å². The predicted molar refractivity (Wildman–Crippen MR) is 187 cm³/mol. The lowest BCUT2D eigenvalue weighted by atomic mass is 9.74. The highest BCUT2D eigenvalue weighted by Crippen LogP contribution is 2.55. The molecule has 0 heterocycles. The van der Waals surface area contributed by atoms with Gasteiger partial charge in [-0.2, -0.15) is 0 Å². The number of rotatable bonds is 6. The predicted octanol–water partition coefficient (Wildman–Crippen LogP) is 12.5. The molecular weight excluding hydrogens is 584 g/mol. The van der Waals surface area contributed by atoms with E-state index in [1.807, 2.05) is 0 Å². The summed E-state index contributed by atoms with van der Waals surface area (Å²) in [4.78, 5) is 0. The Hall–Kier alpha value is -4.98. The van der Waals surface area contributed by atoms with Crippen LogP contribution in [0.1, 0.15) is 0 Å². The normalized spacial score (nSPS) is 10.9. The molecule has 0 aromatic heterocycles. The van der Waals surface area contributed by atoms with Gasteiger partial charge in [0.25, 0.3) is 0 Å². The van der Waals surface area contributed by atoms with Crippen LogP contribution in [-0.4, -0.2) is 0 Å². The molecule has 1 heteroatoms. The van der Waals surface area contributed by atoms with Gasteiger partial charge in [0, 0.05) is 4.47 Å². The molecule has 0 N–H and O–H groups in total. The van der Waals surface area contributed by atoms with E-state index in [0.717, 1.165) is 4.47 Å². The van der Waals surface area contributed by atoms with E-state index in [9.17, 15) is 0 Å². The Morgan fingerprint density at radius 1 is 0.209 bits per heavy atom. The van der Waals surface area contributed by atoms with Crippen molar-refractivity contribution in [1.82, 2.24) is 0 Å². The van der Waals surface area contributed by atoms with Crippen LogP contribution in [-0.2, 0) is 0 Å². The average Bonchev–Trinajstić information content (AvgIpc) is 3.09. The summed E-state index contributed by atoms with van der Waals surface area (Å²) < 4.78 is 1.06. The molecule has 0 aliphatic rings. The molecular formula is C42H29Br. The van der Waals surface area contributed by atoms with Gasteiger partial charge in [0.05, 0.1) is 0 Å². The van der Waals surface area contributed by atoms with Gasteiger partial charge in [0.1, 0.15) is 0 Å². The molecule has 0 spiro atoms. The average molecular weight is 614 g/mol. The van der Waals surface area contributed by atoms with Gasteiger partial charge in [-0.3, -0.25) is 0 Å². The third-order valence-corrected chi connectivity index (χ3v) is 8.47. The maximum absolute atomic E-state index is 3.69. The van der Waals surface area contributed by atoms with Gasteiger partial charge < -0.3 is 0 Å². The minimum Gasteiger partial charge on any atom is -0.0622 e. The SMILES string of the molecule is Brc1ccc(-c2c(-c3ccccc3)c(-c3ccccc3)c(-c3ccccc3)c(-c3ccccc3)c2-c2ccccc2)cc1. The molecule has 0 nitrogen and oxygen atoms in total. The van der Waals surface area contributed by atoms with Crippen LogP contribution >= 0.6 is 15.9 Å². The quantitative estimate of drug-likeness (QED) is 0.175. The molecule has 0 aliphatic carbocycles. The van der Waals surface area contributed by atoms with Gasteiger partial charge in [-0.15, -0.1) is 0 Å². The van der Waals surface area contributed by atoms with Crippen molar-refractivity contribution in [3.8, 4) is 66.8 Å². The lowest BCUT2D eigenvalue weighted by molar-refractivity contribution is 1.51. The van der Waals surface area contributed by atoms with E-state index < -0.39 is 0 Å². The van der Waals surface area contributed by atoms with Crippen molar-refractivity contribution in [2.75, 3.05) is 0 Å². The van der Waals surface area contributed by atoms with Gasteiger partial charge in [0.2, 0.25) is 0 Å². The molecule has 43 heavy (non-hydrogen) atoms. The highest BCUT2D eigenvalue weighted by atomic mass is 79.9. The van der Waals surface area contributed by atoms with E-state index >= 15 is 0 Å². The first-order chi connectivity index (χ1) is 21.3. The fourth-order valence-corrected chi connectivity index (χ4v) is 6.39. The molecule has 7 rings (SSSR count). The zero-order valence-corrected chi connectivity index (χ0v) is 25.2. The van der Waals surface area contributed by atoms with Crippen LogP contribution in [0.2, 0.25) is 0 Å². The number of hydrogen-bond acceptors (Lipinski definition) is 0. The fourth-order valence-electron chi connectivity index (χ4n) is 6.12. The van der Waals surface area contributed by atoms with Crippen LogP contribution in [0, 0.1) is 0 Å². The second kappa shape index (κ2) is 12.1. The summed E-state index contributed by atoms with van der Waals surface area (Å²) in [6.07, 6.45) is 0. The van der Waals surface area contributed by atoms with Crippen molar-refractivity contribution in [2.24, 2.45) is 0 Å².